The minimum Gasteiger partial charge on any atom is -0.494 e. The Kier molecular flexibility index (Phi) is 6.46. The summed E-state index contributed by atoms with van der Waals surface area (Å²) in [6.45, 7) is 4.01. The zero-order valence-electron chi connectivity index (χ0n) is 15.8. The van der Waals surface area contributed by atoms with Crippen molar-refractivity contribution in [3.05, 3.63) is 42.0 Å². The van der Waals surface area contributed by atoms with Gasteiger partial charge in [-0.2, -0.15) is 0 Å². The third-order valence-corrected chi connectivity index (χ3v) is 4.41. The van der Waals surface area contributed by atoms with Gasteiger partial charge in [0.25, 0.3) is 5.91 Å². The van der Waals surface area contributed by atoms with Crippen LogP contribution in [-0.4, -0.2) is 53.9 Å². The Balaban J connectivity index is 1.52. The molecule has 1 atom stereocenters. The average molecular weight is 371 g/mol. The van der Waals surface area contributed by atoms with Gasteiger partial charge in [-0.15, -0.1) is 10.2 Å². The number of amides is 1. The second kappa shape index (κ2) is 9.21. The average Bonchev–Trinajstić information content (AvgIpc) is 3.17. The lowest BCUT2D eigenvalue weighted by Crippen LogP contribution is -2.31. The first-order valence-corrected chi connectivity index (χ1v) is 9.26. The fraction of sp³-hybridized carbons (Fsp3) is 0.450. The minimum atomic E-state index is -0.0895. The van der Waals surface area contributed by atoms with Crippen molar-refractivity contribution in [2.45, 2.75) is 32.3 Å². The number of aromatic nitrogens is 2. The number of benzene rings is 1. The Morgan fingerprint density at radius 2 is 1.89 bits per heavy atom. The molecule has 7 heteroatoms. The van der Waals surface area contributed by atoms with Gasteiger partial charge in [0, 0.05) is 30.7 Å². The Bertz CT molecular complexity index is 734. The smallest absolute Gasteiger partial charge is 0.253 e. The molecule has 1 amide bonds. The number of hydrogen-bond acceptors (Lipinski definition) is 6. The first kappa shape index (κ1) is 18.9. The first-order valence-electron chi connectivity index (χ1n) is 9.26. The van der Waals surface area contributed by atoms with Crippen LogP contribution in [0.25, 0.3) is 0 Å². The van der Waals surface area contributed by atoms with Crippen LogP contribution in [0.15, 0.2) is 36.4 Å². The number of carbonyl (C=O) groups excluding carboxylic acids is 1. The van der Waals surface area contributed by atoms with Crippen molar-refractivity contribution in [1.29, 1.82) is 0 Å². The van der Waals surface area contributed by atoms with E-state index in [4.69, 9.17) is 14.2 Å². The summed E-state index contributed by atoms with van der Waals surface area (Å²) in [6, 6.07) is 10.7. The molecule has 144 valence electrons. The number of unbranched alkanes of at least 4 members (excludes halogenated alkanes) is 1. The third kappa shape index (κ3) is 5.09. The SMILES string of the molecule is CCCCOc1ccc(C(=O)N2CCC(Oc3ccc(OC)nn3)C2)cc1. The lowest BCUT2D eigenvalue weighted by molar-refractivity contribution is 0.0771. The van der Waals surface area contributed by atoms with Crippen LogP contribution in [0.1, 0.15) is 36.5 Å². The predicted octanol–water partition coefficient (Wildman–Crippen LogP) is 2.96. The van der Waals surface area contributed by atoms with E-state index < -0.39 is 0 Å². The summed E-state index contributed by atoms with van der Waals surface area (Å²) >= 11 is 0. The maximum atomic E-state index is 12.7. The van der Waals surface area contributed by atoms with Gasteiger partial charge < -0.3 is 19.1 Å². The van der Waals surface area contributed by atoms with Crippen molar-refractivity contribution in [3.63, 3.8) is 0 Å². The second-order valence-electron chi connectivity index (χ2n) is 6.42. The van der Waals surface area contributed by atoms with Crippen LogP contribution in [0, 0.1) is 0 Å². The molecule has 1 unspecified atom stereocenters. The number of carbonyl (C=O) groups is 1. The molecule has 2 aromatic rings. The van der Waals surface area contributed by atoms with E-state index >= 15 is 0 Å². The molecule has 0 saturated carbocycles. The summed E-state index contributed by atoms with van der Waals surface area (Å²) in [4.78, 5) is 14.5. The Hall–Kier alpha value is -2.83. The molecule has 0 radical (unpaired) electrons. The zero-order chi connectivity index (χ0) is 19.1. The van der Waals surface area contributed by atoms with Crippen molar-refractivity contribution >= 4 is 5.91 Å². The van der Waals surface area contributed by atoms with E-state index in [1.807, 2.05) is 24.3 Å². The topological polar surface area (TPSA) is 73.8 Å². The second-order valence-corrected chi connectivity index (χ2v) is 6.42. The largest absolute Gasteiger partial charge is 0.494 e. The third-order valence-electron chi connectivity index (χ3n) is 4.41. The molecule has 1 aliphatic rings. The number of ether oxygens (including phenoxy) is 3. The van der Waals surface area contributed by atoms with Crippen molar-refractivity contribution < 1.29 is 19.0 Å². The lowest BCUT2D eigenvalue weighted by Gasteiger charge is -2.17. The molecule has 0 bridgehead atoms. The zero-order valence-corrected chi connectivity index (χ0v) is 15.8. The lowest BCUT2D eigenvalue weighted by atomic mass is 10.2. The molecule has 1 saturated heterocycles. The van der Waals surface area contributed by atoms with Crippen LogP contribution in [0.4, 0.5) is 0 Å². The summed E-state index contributed by atoms with van der Waals surface area (Å²) in [6.07, 6.45) is 2.79. The van der Waals surface area contributed by atoms with Gasteiger partial charge >= 0.3 is 0 Å². The van der Waals surface area contributed by atoms with Gasteiger partial charge in [0.2, 0.25) is 11.8 Å². The van der Waals surface area contributed by atoms with Crippen LogP contribution in [0.2, 0.25) is 0 Å². The van der Waals surface area contributed by atoms with Gasteiger partial charge in [0.1, 0.15) is 11.9 Å². The summed E-state index contributed by atoms with van der Waals surface area (Å²) in [5.41, 5.74) is 0.655. The number of nitrogens with zero attached hydrogens (tertiary/aromatic N) is 3. The molecule has 1 aromatic heterocycles. The Morgan fingerprint density at radius 3 is 2.56 bits per heavy atom. The van der Waals surface area contributed by atoms with Gasteiger partial charge in [-0.3, -0.25) is 4.79 Å². The number of methoxy groups -OCH3 is 1. The fourth-order valence-corrected chi connectivity index (χ4v) is 2.87. The van der Waals surface area contributed by atoms with Gasteiger partial charge in [-0.05, 0) is 30.7 Å². The van der Waals surface area contributed by atoms with E-state index in [-0.39, 0.29) is 12.0 Å². The molecule has 0 spiro atoms. The van der Waals surface area contributed by atoms with Crippen LogP contribution < -0.4 is 14.2 Å². The number of hydrogen-bond donors (Lipinski definition) is 0. The van der Waals surface area contributed by atoms with Crippen LogP contribution >= 0.6 is 0 Å². The standard InChI is InChI=1S/C20H25N3O4/c1-3-4-13-26-16-7-5-15(6-8-16)20(24)23-12-11-17(14-23)27-19-10-9-18(25-2)21-22-19/h5-10,17H,3-4,11-14H2,1-2H3. The van der Waals surface area contributed by atoms with Crippen molar-refractivity contribution in [2.75, 3.05) is 26.8 Å². The normalized spacial score (nSPS) is 16.2. The highest BCUT2D eigenvalue weighted by Crippen LogP contribution is 2.20. The van der Waals surface area contributed by atoms with Gasteiger partial charge in [0.05, 0.1) is 20.3 Å². The monoisotopic (exact) mass is 371 g/mol. The number of likely N-dealkylation sites (tertiary alicyclic amines) is 1. The van der Waals surface area contributed by atoms with E-state index in [1.165, 1.54) is 7.11 Å². The van der Waals surface area contributed by atoms with Crippen LogP contribution in [0.3, 0.4) is 0 Å². The molecular formula is C20H25N3O4. The maximum Gasteiger partial charge on any atom is 0.253 e. The number of rotatable bonds is 8. The quantitative estimate of drug-likeness (QED) is 0.664. The summed E-state index contributed by atoms with van der Waals surface area (Å²) in [5.74, 6) is 1.67. The summed E-state index contributed by atoms with van der Waals surface area (Å²) < 4.78 is 16.4. The van der Waals surface area contributed by atoms with E-state index in [2.05, 4.69) is 17.1 Å². The highest BCUT2D eigenvalue weighted by Gasteiger charge is 2.28. The maximum absolute atomic E-state index is 12.7. The summed E-state index contributed by atoms with van der Waals surface area (Å²) in [5, 5.41) is 7.85. The fourth-order valence-electron chi connectivity index (χ4n) is 2.87. The highest BCUT2D eigenvalue weighted by atomic mass is 16.5. The molecule has 1 fully saturated rings. The van der Waals surface area contributed by atoms with Gasteiger partial charge in [0.15, 0.2) is 0 Å². The molecule has 27 heavy (non-hydrogen) atoms. The van der Waals surface area contributed by atoms with Gasteiger partial charge in [-0.25, -0.2) is 0 Å². The van der Waals surface area contributed by atoms with Crippen LogP contribution in [0.5, 0.6) is 17.5 Å². The van der Waals surface area contributed by atoms with E-state index in [1.54, 1.807) is 17.0 Å². The summed E-state index contributed by atoms with van der Waals surface area (Å²) in [7, 11) is 1.54. The Labute approximate surface area is 159 Å². The van der Waals surface area contributed by atoms with Gasteiger partial charge in [-0.1, -0.05) is 13.3 Å². The van der Waals surface area contributed by atoms with Crippen molar-refractivity contribution in [1.82, 2.24) is 15.1 Å². The molecular weight excluding hydrogens is 346 g/mol. The Morgan fingerprint density at radius 1 is 1.15 bits per heavy atom. The van der Waals surface area contributed by atoms with Crippen molar-refractivity contribution in [3.8, 4) is 17.5 Å². The molecule has 2 heterocycles. The van der Waals surface area contributed by atoms with Crippen LogP contribution in [-0.2, 0) is 0 Å². The molecule has 7 nitrogen and oxygen atoms in total. The minimum absolute atomic E-state index is 0.00187. The van der Waals surface area contributed by atoms with Crippen molar-refractivity contribution in [2.24, 2.45) is 0 Å². The van der Waals surface area contributed by atoms with E-state index in [9.17, 15) is 4.79 Å². The molecule has 1 aromatic carbocycles. The molecule has 0 aliphatic carbocycles. The molecule has 1 aliphatic heterocycles. The van der Waals surface area contributed by atoms with E-state index in [0.717, 1.165) is 25.0 Å². The first-order chi connectivity index (χ1) is 13.2. The highest BCUT2D eigenvalue weighted by molar-refractivity contribution is 5.94. The van der Waals surface area contributed by atoms with E-state index in [0.29, 0.717) is 37.0 Å². The molecule has 0 N–H and O–H groups in total. The molecule has 3 rings (SSSR count). The predicted molar refractivity (Wildman–Crippen MR) is 100 cm³/mol.